The Morgan fingerprint density at radius 3 is 2.39 bits per heavy atom. The van der Waals surface area contributed by atoms with E-state index in [1.165, 1.54) is 16.8 Å². The fraction of sp³-hybridized carbons (Fsp3) is 0.533. The second-order valence-corrected chi connectivity index (χ2v) is 6.52. The second kappa shape index (κ2) is 5.35. The van der Waals surface area contributed by atoms with Crippen LogP contribution in [0.15, 0.2) is 18.2 Å². The summed E-state index contributed by atoms with van der Waals surface area (Å²) in [6, 6.07) is 6.75. The Labute approximate surface area is 114 Å². The summed E-state index contributed by atoms with van der Waals surface area (Å²) in [5.74, 6) is 2.07. The van der Waals surface area contributed by atoms with Crippen LogP contribution >= 0.6 is 11.8 Å². The number of nitrogens with one attached hydrogen (secondary N) is 1. The summed E-state index contributed by atoms with van der Waals surface area (Å²) in [5, 5.41) is 8.74. The number of amidine groups is 1. The molecule has 0 bridgehead atoms. The maximum Gasteiger partial charge on any atom is 0.160 e. The lowest BCUT2D eigenvalue weighted by Crippen LogP contribution is -2.24. The van der Waals surface area contributed by atoms with Gasteiger partial charge in [0, 0.05) is 18.0 Å². The minimum atomic E-state index is 0.500. The molecule has 2 rings (SSSR count). The number of thioether (sulfide) groups is 1. The third-order valence-corrected chi connectivity index (χ3v) is 4.31. The van der Waals surface area contributed by atoms with Crippen LogP contribution in [0, 0.1) is 5.41 Å². The maximum absolute atomic E-state index is 8.05. The maximum atomic E-state index is 8.05. The van der Waals surface area contributed by atoms with E-state index < -0.39 is 0 Å². The molecule has 98 valence electrons. The Hall–Kier alpha value is -0.960. The quantitative estimate of drug-likeness (QED) is 0.873. The molecule has 3 heteroatoms. The molecule has 1 N–H and O–H groups in total. The molecule has 1 heterocycles. The van der Waals surface area contributed by atoms with Crippen LogP contribution in [0.3, 0.4) is 0 Å². The van der Waals surface area contributed by atoms with Gasteiger partial charge in [0.1, 0.15) is 0 Å². The smallest absolute Gasteiger partial charge is 0.160 e. The Morgan fingerprint density at radius 1 is 1.17 bits per heavy atom. The van der Waals surface area contributed by atoms with Gasteiger partial charge in [-0.3, -0.25) is 5.41 Å². The molecule has 0 spiro atoms. The molecule has 1 aromatic carbocycles. The number of anilines is 1. The van der Waals surface area contributed by atoms with E-state index in [1.807, 2.05) is 0 Å². The van der Waals surface area contributed by atoms with Gasteiger partial charge in [-0.1, -0.05) is 51.6 Å². The van der Waals surface area contributed by atoms with Crippen LogP contribution in [0.5, 0.6) is 0 Å². The van der Waals surface area contributed by atoms with Crippen molar-refractivity contribution in [2.45, 2.75) is 39.5 Å². The second-order valence-electron chi connectivity index (χ2n) is 5.43. The van der Waals surface area contributed by atoms with Crippen LogP contribution in [0.1, 0.15) is 50.7 Å². The first kappa shape index (κ1) is 13.5. The SMILES string of the molecule is CC(C)c1ccc(C(C)C)c(N2CCSC2=N)c1. The Bertz CT molecular complexity index is 452. The van der Waals surface area contributed by atoms with Crippen molar-refractivity contribution in [1.82, 2.24) is 0 Å². The summed E-state index contributed by atoms with van der Waals surface area (Å²) in [4.78, 5) is 2.16. The summed E-state index contributed by atoms with van der Waals surface area (Å²) in [7, 11) is 0. The first-order valence-corrected chi connectivity index (χ1v) is 7.62. The first-order chi connectivity index (χ1) is 8.50. The molecule has 2 nitrogen and oxygen atoms in total. The monoisotopic (exact) mass is 262 g/mol. The van der Waals surface area contributed by atoms with Gasteiger partial charge in [-0.05, 0) is 29.0 Å². The fourth-order valence-corrected chi connectivity index (χ4v) is 3.10. The van der Waals surface area contributed by atoms with E-state index in [2.05, 4.69) is 50.8 Å². The fourth-order valence-electron chi connectivity index (χ4n) is 2.28. The third-order valence-electron chi connectivity index (χ3n) is 3.43. The summed E-state index contributed by atoms with van der Waals surface area (Å²) in [5.41, 5.74) is 3.96. The van der Waals surface area contributed by atoms with E-state index in [0.29, 0.717) is 17.0 Å². The molecule has 0 aromatic heterocycles. The lowest BCUT2D eigenvalue weighted by atomic mass is 9.94. The van der Waals surface area contributed by atoms with Gasteiger partial charge in [0.2, 0.25) is 0 Å². The van der Waals surface area contributed by atoms with Crippen LogP contribution in [0.4, 0.5) is 5.69 Å². The molecule has 0 radical (unpaired) electrons. The number of benzene rings is 1. The number of hydrogen-bond donors (Lipinski definition) is 1. The number of rotatable bonds is 3. The predicted molar refractivity (Wildman–Crippen MR) is 82.2 cm³/mol. The third kappa shape index (κ3) is 2.56. The van der Waals surface area contributed by atoms with E-state index >= 15 is 0 Å². The van der Waals surface area contributed by atoms with Gasteiger partial charge in [0.25, 0.3) is 0 Å². The van der Waals surface area contributed by atoms with Gasteiger partial charge in [0.05, 0.1) is 0 Å². The highest BCUT2D eigenvalue weighted by Gasteiger charge is 2.23. The van der Waals surface area contributed by atoms with Crippen LogP contribution in [-0.4, -0.2) is 17.5 Å². The van der Waals surface area contributed by atoms with Gasteiger partial charge in [0.15, 0.2) is 5.17 Å². The molecule has 1 aromatic rings. The molecule has 1 saturated heterocycles. The molecule has 1 aliphatic rings. The van der Waals surface area contributed by atoms with Crippen molar-refractivity contribution in [2.24, 2.45) is 0 Å². The summed E-state index contributed by atoms with van der Waals surface area (Å²) in [6.45, 7) is 9.85. The van der Waals surface area contributed by atoms with Crippen molar-refractivity contribution in [1.29, 1.82) is 5.41 Å². The molecule has 0 aliphatic carbocycles. The molecule has 0 saturated carbocycles. The zero-order valence-electron chi connectivity index (χ0n) is 11.7. The van der Waals surface area contributed by atoms with Crippen LogP contribution in [0.25, 0.3) is 0 Å². The van der Waals surface area contributed by atoms with Crippen LogP contribution < -0.4 is 4.90 Å². The molecule has 0 amide bonds. The predicted octanol–water partition coefficient (Wildman–Crippen LogP) is 4.42. The summed E-state index contributed by atoms with van der Waals surface area (Å²) >= 11 is 1.64. The first-order valence-electron chi connectivity index (χ1n) is 6.63. The van der Waals surface area contributed by atoms with E-state index in [1.54, 1.807) is 11.8 Å². The summed E-state index contributed by atoms with van der Waals surface area (Å²) in [6.07, 6.45) is 0. The average Bonchev–Trinajstić information content (AvgIpc) is 2.74. The highest BCUT2D eigenvalue weighted by atomic mass is 32.2. The van der Waals surface area contributed by atoms with Crippen LogP contribution in [0.2, 0.25) is 0 Å². The standard InChI is InChI=1S/C15H22N2S/c1-10(2)12-5-6-13(11(3)4)14(9-12)17-7-8-18-15(17)16/h5-6,9-11,16H,7-8H2,1-4H3. The van der Waals surface area contributed by atoms with Gasteiger partial charge in [-0.25, -0.2) is 0 Å². The largest absolute Gasteiger partial charge is 0.320 e. The topological polar surface area (TPSA) is 27.1 Å². The molecular formula is C15H22N2S. The van der Waals surface area contributed by atoms with Crippen molar-refractivity contribution >= 4 is 22.6 Å². The normalized spacial score (nSPS) is 16.1. The minimum absolute atomic E-state index is 0.500. The van der Waals surface area contributed by atoms with Gasteiger partial charge < -0.3 is 4.90 Å². The number of nitrogens with zero attached hydrogens (tertiary/aromatic N) is 1. The van der Waals surface area contributed by atoms with Gasteiger partial charge in [-0.2, -0.15) is 0 Å². The number of hydrogen-bond acceptors (Lipinski definition) is 2. The van der Waals surface area contributed by atoms with Gasteiger partial charge in [-0.15, -0.1) is 0 Å². The molecule has 18 heavy (non-hydrogen) atoms. The zero-order chi connectivity index (χ0) is 13.3. The lowest BCUT2D eigenvalue weighted by molar-refractivity contribution is 0.839. The van der Waals surface area contributed by atoms with E-state index in [9.17, 15) is 0 Å². The molecule has 1 fully saturated rings. The highest BCUT2D eigenvalue weighted by molar-refractivity contribution is 8.14. The van der Waals surface area contributed by atoms with Crippen molar-refractivity contribution in [3.05, 3.63) is 29.3 Å². The van der Waals surface area contributed by atoms with Crippen molar-refractivity contribution < 1.29 is 0 Å². The molecular weight excluding hydrogens is 240 g/mol. The minimum Gasteiger partial charge on any atom is -0.320 e. The Balaban J connectivity index is 2.46. The summed E-state index contributed by atoms with van der Waals surface area (Å²) < 4.78 is 0. The van der Waals surface area contributed by atoms with Crippen molar-refractivity contribution in [2.75, 3.05) is 17.2 Å². The van der Waals surface area contributed by atoms with E-state index in [4.69, 9.17) is 5.41 Å². The highest BCUT2D eigenvalue weighted by Crippen LogP contribution is 2.34. The lowest BCUT2D eigenvalue weighted by Gasteiger charge is -2.24. The molecule has 0 unspecified atom stereocenters. The average molecular weight is 262 g/mol. The zero-order valence-corrected chi connectivity index (χ0v) is 12.5. The van der Waals surface area contributed by atoms with E-state index in [-0.39, 0.29) is 0 Å². The van der Waals surface area contributed by atoms with Crippen molar-refractivity contribution in [3.63, 3.8) is 0 Å². The van der Waals surface area contributed by atoms with Crippen LogP contribution in [-0.2, 0) is 0 Å². The Morgan fingerprint density at radius 2 is 1.89 bits per heavy atom. The molecule has 0 atom stereocenters. The van der Waals surface area contributed by atoms with Gasteiger partial charge >= 0.3 is 0 Å². The van der Waals surface area contributed by atoms with E-state index in [0.717, 1.165) is 12.3 Å². The van der Waals surface area contributed by atoms with Crippen molar-refractivity contribution in [3.8, 4) is 0 Å². The Kier molecular flexibility index (Phi) is 4.00. The molecule has 1 aliphatic heterocycles.